The third kappa shape index (κ3) is 4.25. The third-order valence-electron chi connectivity index (χ3n) is 6.00. The van der Waals surface area contributed by atoms with Crippen LogP contribution in [0.15, 0.2) is 18.2 Å². The lowest BCUT2D eigenvalue weighted by molar-refractivity contribution is -0.139. The molecule has 0 spiro atoms. The molecule has 8 heteroatoms. The first-order valence-electron chi connectivity index (χ1n) is 9.88. The molecular weight excluding hydrogens is 385 g/mol. The largest absolute Gasteiger partial charge is 0.366 e. The van der Waals surface area contributed by atoms with Gasteiger partial charge in [-0.2, -0.15) is 0 Å². The number of amides is 3. The van der Waals surface area contributed by atoms with Crippen molar-refractivity contribution in [3.63, 3.8) is 0 Å². The fourth-order valence-electron chi connectivity index (χ4n) is 4.40. The van der Waals surface area contributed by atoms with Crippen LogP contribution in [0, 0.1) is 11.7 Å². The number of nitrogens with one attached hydrogen (secondary N) is 1. The highest BCUT2D eigenvalue weighted by atomic mass is 35.5. The fraction of sp³-hybridized carbons (Fsp3) is 0.600. The molecule has 0 radical (unpaired) electrons. The number of benzene rings is 1. The maximum Gasteiger partial charge on any atom is 0.320 e. The zero-order chi connectivity index (χ0) is 19.7. The Morgan fingerprint density at radius 1 is 1.21 bits per heavy atom. The number of carbonyl (C=O) groups is 2. The van der Waals surface area contributed by atoms with Crippen molar-refractivity contribution in [2.75, 3.05) is 32.8 Å². The van der Waals surface area contributed by atoms with Crippen LogP contribution >= 0.6 is 11.6 Å². The minimum Gasteiger partial charge on any atom is -0.366 e. The number of piperidine rings is 2. The molecule has 1 N–H and O–H groups in total. The van der Waals surface area contributed by atoms with Gasteiger partial charge >= 0.3 is 6.03 Å². The van der Waals surface area contributed by atoms with Gasteiger partial charge in [-0.1, -0.05) is 17.7 Å². The first kappa shape index (κ1) is 19.5. The lowest BCUT2D eigenvalue weighted by atomic mass is 9.90. The molecule has 3 heterocycles. The van der Waals surface area contributed by atoms with Crippen molar-refractivity contribution in [1.82, 2.24) is 15.1 Å². The molecule has 0 bridgehead atoms. The number of carbonyl (C=O) groups excluding carboxylic acids is 2. The molecule has 3 amide bonds. The van der Waals surface area contributed by atoms with E-state index in [1.807, 2.05) is 9.80 Å². The second-order valence-corrected chi connectivity index (χ2v) is 8.32. The number of nitrogens with zero attached hydrogens (tertiary/aromatic N) is 2. The second kappa shape index (κ2) is 8.25. The van der Waals surface area contributed by atoms with E-state index in [0.717, 1.165) is 31.2 Å². The molecule has 1 aromatic carbocycles. The molecule has 1 unspecified atom stereocenters. The van der Waals surface area contributed by atoms with E-state index in [9.17, 15) is 14.0 Å². The summed E-state index contributed by atoms with van der Waals surface area (Å²) in [6.07, 6.45) is 3.36. The number of halogens is 2. The van der Waals surface area contributed by atoms with Gasteiger partial charge in [0, 0.05) is 31.2 Å². The predicted octanol–water partition coefficient (Wildman–Crippen LogP) is 2.44. The minimum atomic E-state index is -0.322. The predicted molar refractivity (Wildman–Crippen MR) is 103 cm³/mol. The van der Waals surface area contributed by atoms with Crippen molar-refractivity contribution in [2.45, 2.75) is 37.8 Å². The van der Waals surface area contributed by atoms with Gasteiger partial charge in [0.05, 0.1) is 12.1 Å². The van der Waals surface area contributed by atoms with Crippen LogP contribution in [0.25, 0.3) is 0 Å². The van der Waals surface area contributed by atoms with Crippen LogP contribution in [0.3, 0.4) is 0 Å². The molecule has 3 aliphatic rings. The summed E-state index contributed by atoms with van der Waals surface area (Å²) in [5.74, 6) is -0.00269. The first-order valence-corrected chi connectivity index (χ1v) is 10.3. The van der Waals surface area contributed by atoms with Crippen molar-refractivity contribution in [1.29, 1.82) is 0 Å². The van der Waals surface area contributed by atoms with E-state index in [4.69, 9.17) is 16.3 Å². The van der Waals surface area contributed by atoms with Gasteiger partial charge in [-0.15, -0.1) is 0 Å². The Morgan fingerprint density at radius 3 is 2.71 bits per heavy atom. The molecule has 1 aromatic rings. The van der Waals surface area contributed by atoms with Crippen molar-refractivity contribution >= 4 is 23.5 Å². The lowest BCUT2D eigenvalue weighted by Gasteiger charge is -2.43. The normalized spacial score (nSPS) is 26.0. The molecule has 3 fully saturated rings. The quantitative estimate of drug-likeness (QED) is 0.816. The number of fused-ring (bicyclic) bond motifs is 1. The highest BCUT2D eigenvalue weighted by molar-refractivity contribution is 6.31. The molecule has 3 aliphatic heterocycles. The summed E-state index contributed by atoms with van der Waals surface area (Å²) >= 11 is 6.14. The van der Waals surface area contributed by atoms with Crippen molar-refractivity contribution in [3.8, 4) is 0 Å². The maximum atomic E-state index is 13.2. The Morgan fingerprint density at radius 2 is 1.96 bits per heavy atom. The van der Waals surface area contributed by atoms with Crippen LogP contribution < -0.4 is 5.32 Å². The highest BCUT2D eigenvalue weighted by Crippen LogP contribution is 2.27. The molecule has 6 nitrogen and oxygen atoms in total. The van der Waals surface area contributed by atoms with Gasteiger partial charge in [0.15, 0.2) is 0 Å². The Labute approximate surface area is 168 Å². The summed E-state index contributed by atoms with van der Waals surface area (Å²) in [7, 11) is 0. The van der Waals surface area contributed by atoms with E-state index in [2.05, 4.69) is 5.32 Å². The number of morpholine rings is 1. The number of urea groups is 1. The topological polar surface area (TPSA) is 61.9 Å². The van der Waals surface area contributed by atoms with E-state index < -0.39 is 0 Å². The molecule has 0 aromatic heterocycles. The van der Waals surface area contributed by atoms with Crippen LogP contribution in [0.5, 0.6) is 0 Å². The molecule has 4 rings (SSSR count). The number of hydrogen-bond donors (Lipinski definition) is 1. The molecule has 2 atom stereocenters. The molecule has 152 valence electrons. The van der Waals surface area contributed by atoms with E-state index in [-0.39, 0.29) is 36.5 Å². The van der Waals surface area contributed by atoms with Gasteiger partial charge in [0.1, 0.15) is 12.4 Å². The van der Waals surface area contributed by atoms with Crippen LogP contribution in [-0.4, -0.2) is 66.7 Å². The van der Waals surface area contributed by atoms with Crippen LogP contribution in [0.2, 0.25) is 5.02 Å². The second-order valence-electron chi connectivity index (χ2n) is 7.91. The molecule has 28 heavy (non-hydrogen) atoms. The zero-order valence-electron chi connectivity index (χ0n) is 15.7. The maximum absolute atomic E-state index is 13.2. The van der Waals surface area contributed by atoms with Crippen LogP contribution in [-0.2, 0) is 16.0 Å². The fourth-order valence-corrected chi connectivity index (χ4v) is 4.64. The highest BCUT2D eigenvalue weighted by Gasteiger charge is 2.38. The average molecular weight is 410 g/mol. The van der Waals surface area contributed by atoms with Crippen LogP contribution in [0.1, 0.15) is 24.8 Å². The van der Waals surface area contributed by atoms with E-state index in [1.54, 1.807) is 6.07 Å². The minimum absolute atomic E-state index is 0.00736. The van der Waals surface area contributed by atoms with E-state index >= 15 is 0 Å². The van der Waals surface area contributed by atoms with Gasteiger partial charge in [0.25, 0.3) is 0 Å². The summed E-state index contributed by atoms with van der Waals surface area (Å²) < 4.78 is 18.8. The Balaban J connectivity index is 1.28. The number of rotatable bonds is 2. The van der Waals surface area contributed by atoms with Gasteiger partial charge in [0.2, 0.25) is 5.91 Å². The monoisotopic (exact) mass is 409 g/mol. The van der Waals surface area contributed by atoms with E-state index in [1.165, 1.54) is 12.1 Å². The number of ether oxygens (including phenoxy) is 1. The Bertz CT molecular complexity index is 754. The zero-order valence-corrected chi connectivity index (χ0v) is 16.5. The molecule has 0 saturated carbocycles. The number of hydrogen-bond acceptors (Lipinski definition) is 3. The molecule has 0 aliphatic carbocycles. The smallest absolute Gasteiger partial charge is 0.320 e. The van der Waals surface area contributed by atoms with Gasteiger partial charge in [-0.3, -0.25) is 4.79 Å². The average Bonchev–Trinajstić information content (AvgIpc) is 2.69. The van der Waals surface area contributed by atoms with Gasteiger partial charge in [-0.25, -0.2) is 9.18 Å². The summed E-state index contributed by atoms with van der Waals surface area (Å²) in [6, 6.07) is 4.47. The molecular formula is C20H25ClFN3O3. The van der Waals surface area contributed by atoms with Crippen molar-refractivity contribution in [2.24, 2.45) is 5.92 Å². The third-order valence-corrected chi connectivity index (χ3v) is 6.36. The summed E-state index contributed by atoms with van der Waals surface area (Å²) in [5.41, 5.74) is 0.961. The summed E-state index contributed by atoms with van der Waals surface area (Å²) in [4.78, 5) is 28.2. The van der Waals surface area contributed by atoms with Gasteiger partial charge in [-0.05, 0) is 49.3 Å². The number of likely N-dealkylation sites (tertiary alicyclic amines) is 2. The Hall–Kier alpha value is -1.86. The Kier molecular flexibility index (Phi) is 5.73. The standard InChI is InChI=1S/C20H25ClFN3O3/c21-16-10-15(22)2-1-14(16)9-13-3-6-24(7-4-13)20(27)25-8-5-18-17(11-25)23-19(26)12-28-18/h1-2,10,13,17-18H,3-9,11-12H2,(H,23,26)/t17-,18?/m1/s1. The van der Waals surface area contributed by atoms with Crippen molar-refractivity contribution in [3.05, 3.63) is 34.6 Å². The SMILES string of the molecule is O=C1COC2CCN(C(=O)N3CCC(Cc4ccc(F)cc4Cl)CC3)C[C@H]2N1. The molecule has 3 saturated heterocycles. The van der Waals surface area contributed by atoms with Crippen LogP contribution in [0.4, 0.5) is 9.18 Å². The van der Waals surface area contributed by atoms with E-state index in [0.29, 0.717) is 37.1 Å². The van der Waals surface area contributed by atoms with Gasteiger partial charge < -0.3 is 19.9 Å². The summed E-state index contributed by atoms with van der Waals surface area (Å²) in [5, 5.41) is 3.40. The first-order chi connectivity index (χ1) is 13.5. The lowest BCUT2D eigenvalue weighted by Crippen LogP contribution is -2.62. The van der Waals surface area contributed by atoms with Crippen molar-refractivity contribution < 1.29 is 18.7 Å². The summed E-state index contributed by atoms with van der Waals surface area (Å²) in [6.45, 7) is 2.67.